The Morgan fingerprint density at radius 1 is 1.11 bits per heavy atom. The number of hydroxylamine groups is 1. The molecule has 0 spiro atoms. The first-order chi connectivity index (χ1) is 13.0. The lowest BCUT2D eigenvalue weighted by Gasteiger charge is -2.36. The summed E-state index contributed by atoms with van der Waals surface area (Å²) in [5.41, 5.74) is 9.74. The number of morpholine rings is 1. The van der Waals surface area contributed by atoms with Gasteiger partial charge in [0.25, 0.3) is 5.91 Å². The molecule has 2 saturated heterocycles. The van der Waals surface area contributed by atoms with E-state index in [4.69, 9.17) is 15.7 Å². The van der Waals surface area contributed by atoms with Gasteiger partial charge in [-0.05, 0) is 16.7 Å². The van der Waals surface area contributed by atoms with Crippen LogP contribution in [0.25, 0.3) is 11.1 Å². The third-order valence-electron chi connectivity index (χ3n) is 5.41. The first-order valence-electron chi connectivity index (χ1n) is 8.84. The van der Waals surface area contributed by atoms with Crippen LogP contribution in [0.4, 0.5) is 0 Å². The predicted molar refractivity (Wildman–Crippen MR) is 97.5 cm³/mol. The fraction of sp³-hybridized carbons (Fsp3) is 0.300. The van der Waals surface area contributed by atoms with Gasteiger partial charge in [-0.2, -0.15) is 0 Å². The van der Waals surface area contributed by atoms with E-state index >= 15 is 0 Å². The lowest BCUT2D eigenvalue weighted by atomic mass is 9.87. The Hall–Kier alpha value is -2.74. The van der Waals surface area contributed by atoms with Crippen molar-refractivity contribution < 1.29 is 19.5 Å². The summed E-state index contributed by atoms with van der Waals surface area (Å²) in [6.07, 6.45) is 0.353. The molecule has 7 nitrogen and oxygen atoms in total. The molecule has 140 valence electrons. The van der Waals surface area contributed by atoms with Crippen LogP contribution < -0.4 is 11.2 Å². The highest BCUT2D eigenvalue weighted by Crippen LogP contribution is 2.38. The molecule has 2 aliphatic heterocycles. The van der Waals surface area contributed by atoms with E-state index in [1.807, 2.05) is 54.6 Å². The van der Waals surface area contributed by atoms with Crippen LogP contribution in [0.2, 0.25) is 0 Å². The second-order valence-electron chi connectivity index (χ2n) is 7.01. The minimum Gasteiger partial charge on any atom is -0.377 e. The van der Waals surface area contributed by atoms with Gasteiger partial charge in [0.15, 0.2) is 0 Å². The van der Waals surface area contributed by atoms with Crippen molar-refractivity contribution in [3.05, 3.63) is 60.2 Å². The molecule has 1 unspecified atom stereocenters. The number of nitrogens with one attached hydrogen (secondary N) is 1. The zero-order chi connectivity index (χ0) is 19.0. The van der Waals surface area contributed by atoms with Crippen molar-refractivity contribution in [1.29, 1.82) is 0 Å². The standard InChI is InChI=1S/C20H21N3O4/c21-20(15-8-6-14(7-9-15)13-4-2-1-3-5-13)10-16-11-27-12-17(18(24)22-26)23(16)19(20)25/h1-9,16-17,26H,10-12,21H2,(H,22,24)/t16?,17-,20-/m1/s1. The second-order valence-corrected chi connectivity index (χ2v) is 7.01. The summed E-state index contributed by atoms with van der Waals surface area (Å²) in [7, 11) is 0. The van der Waals surface area contributed by atoms with Crippen LogP contribution in [0.15, 0.2) is 54.6 Å². The first-order valence-corrected chi connectivity index (χ1v) is 8.84. The Morgan fingerprint density at radius 2 is 1.78 bits per heavy atom. The summed E-state index contributed by atoms with van der Waals surface area (Å²) < 4.78 is 5.45. The average molecular weight is 367 g/mol. The van der Waals surface area contributed by atoms with Crippen LogP contribution >= 0.6 is 0 Å². The summed E-state index contributed by atoms with van der Waals surface area (Å²) in [6.45, 7) is 0.361. The van der Waals surface area contributed by atoms with Crippen molar-refractivity contribution >= 4 is 11.8 Å². The van der Waals surface area contributed by atoms with Crippen LogP contribution in [0.3, 0.4) is 0 Å². The Balaban J connectivity index is 1.64. The number of benzene rings is 2. The van der Waals surface area contributed by atoms with Crippen LogP contribution in [-0.2, 0) is 19.9 Å². The van der Waals surface area contributed by atoms with E-state index in [1.54, 1.807) is 5.48 Å². The molecule has 0 aliphatic carbocycles. The number of amides is 2. The van der Waals surface area contributed by atoms with Crippen molar-refractivity contribution in [2.75, 3.05) is 13.2 Å². The zero-order valence-corrected chi connectivity index (χ0v) is 14.7. The van der Waals surface area contributed by atoms with Gasteiger partial charge in [-0.3, -0.25) is 14.8 Å². The molecule has 2 aliphatic rings. The third kappa shape index (κ3) is 2.90. The van der Waals surface area contributed by atoms with Crippen LogP contribution in [-0.4, -0.2) is 47.2 Å². The number of carbonyl (C=O) groups excluding carboxylic acids is 2. The Morgan fingerprint density at radius 3 is 2.44 bits per heavy atom. The van der Waals surface area contributed by atoms with Gasteiger partial charge in [-0.25, -0.2) is 5.48 Å². The monoisotopic (exact) mass is 367 g/mol. The van der Waals surface area contributed by atoms with Crippen molar-refractivity contribution in [3.8, 4) is 11.1 Å². The molecule has 0 saturated carbocycles. The molecule has 2 amide bonds. The van der Waals surface area contributed by atoms with Crippen molar-refractivity contribution in [2.45, 2.75) is 24.0 Å². The molecule has 27 heavy (non-hydrogen) atoms. The van der Waals surface area contributed by atoms with Gasteiger partial charge >= 0.3 is 0 Å². The van der Waals surface area contributed by atoms with Gasteiger partial charge in [-0.15, -0.1) is 0 Å². The Labute approximate surface area is 156 Å². The van der Waals surface area contributed by atoms with E-state index in [-0.39, 0.29) is 18.6 Å². The zero-order valence-electron chi connectivity index (χ0n) is 14.7. The number of hydrogen-bond acceptors (Lipinski definition) is 5. The second kappa shape index (κ2) is 6.77. The summed E-state index contributed by atoms with van der Waals surface area (Å²) in [4.78, 5) is 26.5. The van der Waals surface area contributed by atoms with E-state index in [0.717, 1.165) is 11.1 Å². The maximum atomic E-state index is 13.1. The number of nitrogens with zero attached hydrogens (tertiary/aromatic N) is 1. The fourth-order valence-electron chi connectivity index (χ4n) is 3.99. The lowest BCUT2D eigenvalue weighted by molar-refractivity contribution is -0.154. The highest BCUT2D eigenvalue weighted by atomic mass is 16.5. The Kier molecular flexibility index (Phi) is 4.43. The van der Waals surface area contributed by atoms with E-state index in [1.165, 1.54) is 4.90 Å². The number of carbonyl (C=O) groups is 2. The summed E-state index contributed by atoms with van der Waals surface area (Å²) in [5.74, 6) is -0.992. The number of ether oxygens (including phenoxy) is 1. The van der Waals surface area contributed by atoms with Gasteiger partial charge in [0.05, 0.1) is 19.3 Å². The largest absolute Gasteiger partial charge is 0.377 e. The molecule has 7 heteroatoms. The van der Waals surface area contributed by atoms with Crippen molar-refractivity contribution in [3.63, 3.8) is 0 Å². The van der Waals surface area contributed by atoms with Gasteiger partial charge in [0, 0.05) is 6.42 Å². The fourth-order valence-corrected chi connectivity index (χ4v) is 3.99. The molecule has 2 fully saturated rings. The topological polar surface area (TPSA) is 105 Å². The molecule has 3 atom stereocenters. The molecule has 0 radical (unpaired) electrons. The SMILES string of the molecule is N[C@@]1(c2ccc(-c3ccccc3)cc2)CC2COC[C@H](C(=O)NO)N2C1=O. The number of hydrogen-bond donors (Lipinski definition) is 3. The highest BCUT2D eigenvalue weighted by Gasteiger charge is 2.55. The van der Waals surface area contributed by atoms with E-state index < -0.39 is 17.5 Å². The van der Waals surface area contributed by atoms with Gasteiger partial charge in [0.1, 0.15) is 11.6 Å². The quantitative estimate of drug-likeness (QED) is 0.555. The maximum Gasteiger partial charge on any atom is 0.268 e. The van der Waals surface area contributed by atoms with E-state index in [9.17, 15) is 9.59 Å². The summed E-state index contributed by atoms with van der Waals surface area (Å²) in [5, 5.41) is 8.95. The molecular weight excluding hydrogens is 346 g/mol. The van der Waals surface area contributed by atoms with Gasteiger partial charge in [-0.1, -0.05) is 54.6 Å². The van der Waals surface area contributed by atoms with E-state index in [0.29, 0.717) is 18.6 Å². The smallest absolute Gasteiger partial charge is 0.268 e. The maximum absolute atomic E-state index is 13.1. The Bertz CT molecular complexity index is 855. The van der Waals surface area contributed by atoms with E-state index in [2.05, 4.69) is 0 Å². The lowest BCUT2D eigenvalue weighted by Crippen LogP contribution is -2.58. The molecular formula is C20H21N3O4. The van der Waals surface area contributed by atoms with Crippen molar-refractivity contribution in [1.82, 2.24) is 10.4 Å². The normalized spacial score (nSPS) is 27.3. The molecule has 2 aromatic carbocycles. The predicted octanol–water partition coefficient (Wildman–Crippen LogP) is 1.01. The van der Waals surface area contributed by atoms with Gasteiger partial charge < -0.3 is 15.4 Å². The third-order valence-corrected chi connectivity index (χ3v) is 5.41. The summed E-state index contributed by atoms with van der Waals surface area (Å²) >= 11 is 0. The molecule has 0 aromatic heterocycles. The van der Waals surface area contributed by atoms with Crippen LogP contribution in [0.5, 0.6) is 0 Å². The molecule has 2 heterocycles. The highest BCUT2D eigenvalue weighted by molar-refractivity contribution is 5.95. The molecule has 4 N–H and O–H groups in total. The minimum atomic E-state index is -1.22. The first kappa shape index (κ1) is 17.7. The van der Waals surface area contributed by atoms with Crippen molar-refractivity contribution in [2.24, 2.45) is 5.73 Å². The average Bonchev–Trinajstić information content (AvgIpc) is 2.99. The van der Waals surface area contributed by atoms with Gasteiger partial charge in [0.2, 0.25) is 5.91 Å². The minimum absolute atomic E-state index is 0.0393. The number of rotatable bonds is 3. The molecule has 2 aromatic rings. The number of fused-ring (bicyclic) bond motifs is 1. The summed E-state index contributed by atoms with van der Waals surface area (Å²) in [6, 6.07) is 16.4. The molecule has 0 bridgehead atoms. The number of nitrogens with two attached hydrogens (primary N) is 1. The molecule has 4 rings (SSSR count). The van der Waals surface area contributed by atoms with Crippen LogP contribution in [0.1, 0.15) is 12.0 Å². The van der Waals surface area contributed by atoms with Crippen LogP contribution in [0, 0.1) is 0 Å².